The summed E-state index contributed by atoms with van der Waals surface area (Å²) in [5.41, 5.74) is 4.71. The summed E-state index contributed by atoms with van der Waals surface area (Å²) < 4.78 is 11.7. The molecule has 1 aliphatic rings. The third-order valence-corrected chi connectivity index (χ3v) is 5.80. The van der Waals surface area contributed by atoms with Gasteiger partial charge in [-0.05, 0) is 63.8 Å². The maximum absolute atomic E-state index is 13.6. The quantitative estimate of drug-likeness (QED) is 0.523. The molecule has 0 unspecified atom stereocenters. The minimum Gasteiger partial charge on any atom is -0.450 e. The van der Waals surface area contributed by atoms with E-state index in [1.807, 2.05) is 71.0 Å². The van der Waals surface area contributed by atoms with E-state index in [9.17, 15) is 9.59 Å². The number of carbonyl (C=O) groups excluding carboxylic acids is 1. The molecule has 0 bridgehead atoms. The minimum absolute atomic E-state index is 0.117. The van der Waals surface area contributed by atoms with Crippen LogP contribution in [0.15, 0.2) is 45.6 Å². The van der Waals surface area contributed by atoms with Gasteiger partial charge in [-0.25, -0.2) is 0 Å². The monoisotopic (exact) mass is 419 g/mol. The van der Waals surface area contributed by atoms with E-state index in [0.29, 0.717) is 36.1 Å². The maximum atomic E-state index is 13.6. The number of hydrogen-bond acceptors (Lipinski definition) is 4. The zero-order chi connectivity index (χ0) is 22.3. The molecule has 0 saturated heterocycles. The molecule has 0 spiro atoms. The van der Waals surface area contributed by atoms with Crippen molar-refractivity contribution >= 4 is 16.9 Å². The zero-order valence-corrected chi connectivity index (χ0v) is 18.8. The summed E-state index contributed by atoms with van der Waals surface area (Å²) in [4.78, 5) is 28.8. The van der Waals surface area contributed by atoms with Gasteiger partial charge in [-0.3, -0.25) is 9.59 Å². The number of fused-ring (bicyclic) bond motifs is 2. The largest absolute Gasteiger partial charge is 0.450 e. The molecule has 1 atom stereocenters. The Hall–Kier alpha value is -2.92. The number of amides is 1. The lowest BCUT2D eigenvalue weighted by atomic mass is 9.96. The van der Waals surface area contributed by atoms with Gasteiger partial charge in [-0.15, -0.1) is 0 Å². The predicted octanol–water partition coefficient (Wildman–Crippen LogP) is 5.08. The van der Waals surface area contributed by atoms with Gasteiger partial charge in [0.25, 0.3) is 5.91 Å². The fourth-order valence-electron chi connectivity index (χ4n) is 4.39. The molecule has 31 heavy (non-hydrogen) atoms. The lowest BCUT2D eigenvalue weighted by Crippen LogP contribution is -2.31. The summed E-state index contributed by atoms with van der Waals surface area (Å²) in [7, 11) is 0. The first-order chi connectivity index (χ1) is 14.8. The highest BCUT2D eigenvalue weighted by atomic mass is 16.5. The van der Waals surface area contributed by atoms with Crippen molar-refractivity contribution in [3.8, 4) is 0 Å². The van der Waals surface area contributed by atoms with Gasteiger partial charge in [0, 0.05) is 13.2 Å². The van der Waals surface area contributed by atoms with Crippen molar-refractivity contribution in [2.75, 3.05) is 13.2 Å². The molecule has 4 rings (SSSR count). The second-order valence-electron chi connectivity index (χ2n) is 8.71. The molecule has 5 heteroatoms. The van der Waals surface area contributed by atoms with Crippen LogP contribution in [0.3, 0.4) is 0 Å². The number of hydrogen-bond donors (Lipinski definition) is 0. The first-order valence-electron chi connectivity index (χ1n) is 10.8. The Morgan fingerprint density at radius 2 is 1.74 bits per heavy atom. The lowest BCUT2D eigenvalue weighted by molar-refractivity contribution is 0.0593. The lowest BCUT2D eigenvalue weighted by Gasteiger charge is -2.25. The van der Waals surface area contributed by atoms with Gasteiger partial charge < -0.3 is 14.1 Å². The molecule has 3 aromatic rings. The Bertz CT molecular complexity index is 1190. The van der Waals surface area contributed by atoms with Gasteiger partial charge in [0.05, 0.1) is 23.1 Å². The van der Waals surface area contributed by atoms with Crippen molar-refractivity contribution in [3.05, 3.63) is 80.2 Å². The SMILES string of the molecule is Cc1ccc([C@H]2c3c(oc4cc(C)cc(C)c4c3=O)C(=O)N2CCCOC(C)C)cc1. The summed E-state index contributed by atoms with van der Waals surface area (Å²) in [6.07, 6.45) is 0.825. The molecule has 0 saturated carbocycles. The van der Waals surface area contributed by atoms with E-state index in [2.05, 4.69) is 0 Å². The molecule has 1 amide bonds. The average molecular weight is 420 g/mol. The number of aryl methyl sites for hydroxylation is 3. The summed E-state index contributed by atoms with van der Waals surface area (Å²) in [5, 5.41) is 0.555. The molecule has 0 aliphatic carbocycles. The van der Waals surface area contributed by atoms with Crippen LogP contribution in [-0.4, -0.2) is 30.1 Å². The summed E-state index contributed by atoms with van der Waals surface area (Å²) in [6, 6.07) is 11.4. The molecule has 1 aliphatic heterocycles. The third kappa shape index (κ3) is 3.90. The van der Waals surface area contributed by atoms with Crippen LogP contribution in [0, 0.1) is 20.8 Å². The van der Waals surface area contributed by atoms with Crippen LogP contribution in [0.25, 0.3) is 11.0 Å². The zero-order valence-electron chi connectivity index (χ0n) is 18.8. The summed E-state index contributed by atoms with van der Waals surface area (Å²) in [6.45, 7) is 10.9. The van der Waals surface area contributed by atoms with Crippen LogP contribution >= 0.6 is 0 Å². The molecule has 0 N–H and O–H groups in total. The topological polar surface area (TPSA) is 59.8 Å². The Labute approximate surface area is 182 Å². The Morgan fingerprint density at radius 3 is 2.42 bits per heavy atom. The molecule has 0 fully saturated rings. The van der Waals surface area contributed by atoms with Crippen molar-refractivity contribution in [1.29, 1.82) is 0 Å². The Kier molecular flexibility index (Phi) is 5.71. The Balaban J connectivity index is 1.85. The third-order valence-electron chi connectivity index (χ3n) is 5.80. The molecule has 1 aromatic heterocycles. The van der Waals surface area contributed by atoms with Crippen molar-refractivity contribution in [2.45, 2.75) is 53.2 Å². The molecule has 2 aromatic carbocycles. The van der Waals surface area contributed by atoms with E-state index in [0.717, 1.165) is 22.3 Å². The van der Waals surface area contributed by atoms with Gasteiger partial charge in [0.1, 0.15) is 5.58 Å². The van der Waals surface area contributed by atoms with Crippen LogP contribution < -0.4 is 5.43 Å². The van der Waals surface area contributed by atoms with E-state index >= 15 is 0 Å². The van der Waals surface area contributed by atoms with E-state index in [4.69, 9.17) is 9.15 Å². The van der Waals surface area contributed by atoms with Crippen molar-refractivity contribution in [2.24, 2.45) is 0 Å². The highest BCUT2D eigenvalue weighted by molar-refractivity contribution is 5.99. The number of nitrogens with zero attached hydrogens (tertiary/aromatic N) is 1. The van der Waals surface area contributed by atoms with Crippen LogP contribution in [0.1, 0.15) is 64.7 Å². The maximum Gasteiger partial charge on any atom is 0.290 e. The highest BCUT2D eigenvalue weighted by Crippen LogP contribution is 2.38. The van der Waals surface area contributed by atoms with Crippen molar-refractivity contribution < 1.29 is 13.9 Å². The number of ether oxygens (including phenoxy) is 1. The van der Waals surface area contributed by atoms with E-state index in [-0.39, 0.29) is 23.2 Å². The van der Waals surface area contributed by atoms with Crippen LogP contribution in [0.5, 0.6) is 0 Å². The van der Waals surface area contributed by atoms with Gasteiger partial charge >= 0.3 is 0 Å². The second-order valence-corrected chi connectivity index (χ2v) is 8.71. The normalized spacial score (nSPS) is 15.9. The molecular formula is C26H29NO4. The number of rotatable bonds is 6. The molecule has 0 radical (unpaired) electrons. The number of carbonyl (C=O) groups is 1. The summed E-state index contributed by atoms with van der Waals surface area (Å²) >= 11 is 0. The standard InChI is InChI=1S/C26H29NO4/c1-15(2)30-12-6-11-27-23(19-9-7-16(3)8-10-19)22-24(28)21-18(5)13-17(4)14-20(21)31-25(22)26(27)29/h7-10,13-15,23H,6,11-12H2,1-5H3/t23-/m0/s1. The number of benzene rings is 2. The highest BCUT2D eigenvalue weighted by Gasteiger charge is 2.42. The van der Waals surface area contributed by atoms with Crippen LogP contribution in [-0.2, 0) is 4.74 Å². The van der Waals surface area contributed by atoms with Crippen molar-refractivity contribution in [1.82, 2.24) is 4.90 Å². The van der Waals surface area contributed by atoms with Gasteiger partial charge in [0.2, 0.25) is 5.76 Å². The molecule has 5 nitrogen and oxygen atoms in total. The average Bonchev–Trinajstić information content (AvgIpc) is 2.97. The first kappa shape index (κ1) is 21.3. The Morgan fingerprint density at radius 1 is 1.03 bits per heavy atom. The van der Waals surface area contributed by atoms with Crippen LogP contribution in [0.4, 0.5) is 0 Å². The van der Waals surface area contributed by atoms with Gasteiger partial charge in [-0.2, -0.15) is 0 Å². The first-order valence-corrected chi connectivity index (χ1v) is 10.8. The summed E-state index contributed by atoms with van der Waals surface area (Å²) in [5.74, 6) is -0.0684. The van der Waals surface area contributed by atoms with Crippen LogP contribution in [0.2, 0.25) is 0 Å². The fourth-order valence-corrected chi connectivity index (χ4v) is 4.39. The smallest absolute Gasteiger partial charge is 0.290 e. The molecule has 162 valence electrons. The second kappa shape index (κ2) is 8.31. The van der Waals surface area contributed by atoms with Crippen molar-refractivity contribution in [3.63, 3.8) is 0 Å². The molecule has 2 heterocycles. The van der Waals surface area contributed by atoms with Gasteiger partial charge in [0.15, 0.2) is 5.43 Å². The fraction of sp³-hybridized carbons (Fsp3) is 0.385. The van der Waals surface area contributed by atoms with E-state index in [1.165, 1.54) is 0 Å². The van der Waals surface area contributed by atoms with E-state index in [1.54, 1.807) is 4.90 Å². The van der Waals surface area contributed by atoms with Gasteiger partial charge in [-0.1, -0.05) is 35.9 Å². The minimum atomic E-state index is -0.455. The van der Waals surface area contributed by atoms with E-state index < -0.39 is 6.04 Å². The molecular weight excluding hydrogens is 390 g/mol. The predicted molar refractivity (Wildman–Crippen MR) is 122 cm³/mol.